The minimum atomic E-state index is 0.408. The highest BCUT2D eigenvalue weighted by molar-refractivity contribution is 5.48. The van der Waals surface area contributed by atoms with Crippen LogP contribution in [0.25, 0.3) is 0 Å². The lowest BCUT2D eigenvalue weighted by atomic mass is 10.0. The van der Waals surface area contributed by atoms with Gasteiger partial charge in [0, 0.05) is 17.8 Å². The topological polar surface area (TPSA) is 78.1 Å². The molecular weight excluding hydrogens is 282 g/mol. The second-order valence-electron chi connectivity index (χ2n) is 5.24. The Labute approximate surface area is 139 Å². The third kappa shape index (κ3) is 6.41. The average Bonchev–Trinajstić information content (AvgIpc) is 2.57. The molecule has 1 aromatic carbocycles. The summed E-state index contributed by atoms with van der Waals surface area (Å²) in [5.74, 6) is 0. The van der Waals surface area contributed by atoms with Crippen LogP contribution < -0.4 is 17.2 Å². The largest absolute Gasteiger partial charge is 0.405 e. The molecule has 0 aromatic heterocycles. The highest BCUT2D eigenvalue weighted by Gasteiger charge is 2.03. The van der Waals surface area contributed by atoms with Gasteiger partial charge in [-0.15, -0.1) is 0 Å². The summed E-state index contributed by atoms with van der Waals surface area (Å²) in [6.45, 7) is 4.40. The molecule has 3 heteroatoms. The van der Waals surface area contributed by atoms with Gasteiger partial charge in [0.25, 0.3) is 0 Å². The molecule has 0 fully saturated rings. The van der Waals surface area contributed by atoms with E-state index in [1.54, 1.807) is 6.08 Å². The van der Waals surface area contributed by atoms with Crippen LogP contribution in [0.5, 0.6) is 0 Å². The molecule has 0 unspecified atom stereocenters. The van der Waals surface area contributed by atoms with E-state index in [4.69, 9.17) is 17.2 Å². The second-order valence-corrected chi connectivity index (χ2v) is 5.24. The Morgan fingerprint density at radius 1 is 1.13 bits per heavy atom. The predicted octanol–water partition coefficient (Wildman–Crippen LogP) is 3.32. The van der Waals surface area contributed by atoms with E-state index in [-0.39, 0.29) is 0 Å². The molecule has 1 rings (SSSR count). The van der Waals surface area contributed by atoms with Crippen molar-refractivity contribution in [2.45, 2.75) is 20.3 Å². The summed E-state index contributed by atoms with van der Waals surface area (Å²) in [4.78, 5) is 0. The second kappa shape index (κ2) is 10.2. The minimum Gasteiger partial charge on any atom is -0.405 e. The van der Waals surface area contributed by atoms with E-state index in [1.165, 1.54) is 11.8 Å². The van der Waals surface area contributed by atoms with Gasteiger partial charge >= 0.3 is 0 Å². The smallest absolute Gasteiger partial charge is 0.0394 e. The maximum Gasteiger partial charge on any atom is 0.0394 e. The lowest BCUT2D eigenvalue weighted by Crippen LogP contribution is -2.09. The number of hydrogen-bond donors (Lipinski definition) is 3. The fourth-order valence-corrected chi connectivity index (χ4v) is 2.23. The molecule has 1 aromatic rings. The normalized spacial score (nSPS) is 14.6. The average molecular weight is 309 g/mol. The first-order chi connectivity index (χ1) is 11.1. The van der Waals surface area contributed by atoms with Crippen molar-refractivity contribution in [3.8, 4) is 0 Å². The van der Waals surface area contributed by atoms with Crippen LogP contribution in [0.4, 0.5) is 0 Å². The quantitative estimate of drug-likeness (QED) is 0.676. The van der Waals surface area contributed by atoms with Crippen LogP contribution in [0.1, 0.15) is 19.4 Å². The Hall–Kier alpha value is -2.52. The highest BCUT2D eigenvalue weighted by atomic mass is 14.6. The Kier molecular flexibility index (Phi) is 8.25. The van der Waals surface area contributed by atoms with Crippen molar-refractivity contribution in [3.63, 3.8) is 0 Å². The third-order valence-electron chi connectivity index (χ3n) is 3.39. The summed E-state index contributed by atoms with van der Waals surface area (Å²) in [6, 6.07) is 10.3. The Morgan fingerprint density at radius 3 is 2.39 bits per heavy atom. The molecule has 122 valence electrons. The van der Waals surface area contributed by atoms with Crippen LogP contribution in [0.2, 0.25) is 0 Å². The number of nitrogens with two attached hydrogens (primary N) is 3. The van der Waals surface area contributed by atoms with Gasteiger partial charge in [-0.2, -0.15) is 0 Å². The van der Waals surface area contributed by atoms with Crippen LogP contribution in [-0.4, -0.2) is 6.54 Å². The first-order valence-electron chi connectivity index (χ1n) is 7.74. The summed E-state index contributed by atoms with van der Waals surface area (Å²) in [6.07, 6.45) is 12.2. The maximum atomic E-state index is 6.25. The van der Waals surface area contributed by atoms with Crippen LogP contribution >= 0.6 is 0 Å². The molecule has 0 spiro atoms. The Balaban J connectivity index is 3.02. The number of rotatable bonds is 7. The van der Waals surface area contributed by atoms with Gasteiger partial charge in [0.05, 0.1) is 0 Å². The lowest BCUT2D eigenvalue weighted by molar-refractivity contribution is 1.14. The van der Waals surface area contributed by atoms with Gasteiger partial charge in [-0.25, -0.2) is 0 Å². The van der Waals surface area contributed by atoms with Crippen molar-refractivity contribution < 1.29 is 0 Å². The molecule has 23 heavy (non-hydrogen) atoms. The number of hydrogen-bond acceptors (Lipinski definition) is 3. The number of allylic oxidation sites excluding steroid dienone is 5. The van der Waals surface area contributed by atoms with Gasteiger partial charge in [-0.3, -0.25) is 0 Å². The monoisotopic (exact) mass is 309 g/mol. The van der Waals surface area contributed by atoms with Crippen molar-refractivity contribution in [1.29, 1.82) is 0 Å². The van der Waals surface area contributed by atoms with Crippen LogP contribution in [0, 0.1) is 0 Å². The SMILES string of the molecule is C\C=C/C(CN)=C(/C=C\N)C(\N)=C\C(C)=C/Cc1ccccc1. The molecule has 0 saturated carbocycles. The zero-order valence-corrected chi connectivity index (χ0v) is 14.0. The minimum absolute atomic E-state index is 0.408. The fraction of sp³-hybridized carbons (Fsp3) is 0.200. The van der Waals surface area contributed by atoms with Crippen LogP contribution in [0.15, 0.2) is 89.3 Å². The molecule has 0 aliphatic carbocycles. The van der Waals surface area contributed by atoms with Gasteiger partial charge in [0.15, 0.2) is 0 Å². The summed E-state index contributed by atoms with van der Waals surface area (Å²) >= 11 is 0. The molecule has 0 radical (unpaired) electrons. The highest BCUT2D eigenvalue weighted by Crippen LogP contribution is 2.15. The summed E-state index contributed by atoms with van der Waals surface area (Å²) in [5, 5.41) is 0. The standard InChI is InChI=1S/C20H27N3/c1-3-7-18(15-22)19(12-13-21)20(23)14-16(2)10-11-17-8-5-4-6-9-17/h3-10,12-14H,11,15,21-23H2,1-2H3/b7-3-,13-12-,16-10-,19-18+,20-14-. The molecule has 0 amide bonds. The van der Waals surface area contributed by atoms with Gasteiger partial charge in [0.2, 0.25) is 0 Å². The van der Waals surface area contributed by atoms with Crippen molar-refractivity contribution in [3.05, 3.63) is 94.9 Å². The molecule has 0 saturated heterocycles. The molecule has 0 atom stereocenters. The van der Waals surface area contributed by atoms with E-state index in [0.29, 0.717) is 12.2 Å². The summed E-state index contributed by atoms with van der Waals surface area (Å²) in [5.41, 5.74) is 22.5. The predicted molar refractivity (Wildman–Crippen MR) is 100 cm³/mol. The molecule has 0 aliphatic heterocycles. The van der Waals surface area contributed by atoms with Crippen LogP contribution in [-0.2, 0) is 6.42 Å². The van der Waals surface area contributed by atoms with Gasteiger partial charge in [-0.05, 0) is 49.8 Å². The molecule has 0 aliphatic rings. The van der Waals surface area contributed by atoms with Crippen molar-refractivity contribution in [1.82, 2.24) is 0 Å². The lowest BCUT2D eigenvalue weighted by Gasteiger charge is -2.09. The van der Waals surface area contributed by atoms with Gasteiger partial charge in [0.1, 0.15) is 0 Å². The maximum absolute atomic E-state index is 6.25. The van der Waals surface area contributed by atoms with E-state index in [0.717, 1.165) is 23.1 Å². The van der Waals surface area contributed by atoms with Crippen molar-refractivity contribution in [2.75, 3.05) is 6.54 Å². The summed E-state index contributed by atoms with van der Waals surface area (Å²) in [7, 11) is 0. The zero-order chi connectivity index (χ0) is 17.1. The van der Waals surface area contributed by atoms with Crippen molar-refractivity contribution >= 4 is 0 Å². The zero-order valence-electron chi connectivity index (χ0n) is 14.0. The fourth-order valence-electron chi connectivity index (χ4n) is 2.23. The Morgan fingerprint density at radius 2 is 1.83 bits per heavy atom. The van der Waals surface area contributed by atoms with Gasteiger partial charge < -0.3 is 17.2 Å². The Bertz CT molecular complexity index is 632. The molecule has 0 bridgehead atoms. The van der Waals surface area contributed by atoms with Crippen molar-refractivity contribution in [2.24, 2.45) is 17.2 Å². The first kappa shape index (κ1) is 18.5. The van der Waals surface area contributed by atoms with E-state index in [9.17, 15) is 0 Å². The van der Waals surface area contributed by atoms with E-state index in [1.807, 2.05) is 50.3 Å². The summed E-state index contributed by atoms with van der Waals surface area (Å²) < 4.78 is 0. The third-order valence-corrected chi connectivity index (χ3v) is 3.39. The van der Waals surface area contributed by atoms with E-state index < -0.39 is 0 Å². The first-order valence-corrected chi connectivity index (χ1v) is 7.74. The molecular formula is C20H27N3. The van der Waals surface area contributed by atoms with Crippen LogP contribution in [0.3, 0.4) is 0 Å². The molecule has 6 N–H and O–H groups in total. The molecule has 3 nitrogen and oxygen atoms in total. The van der Waals surface area contributed by atoms with E-state index in [2.05, 4.69) is 18.2 Å². The number of benzene rings is 1. The van der Waals surface area contributed by atoms with Gasteiger partial charge in [-0.1, -0.05) is 54.1 Å². The van der Waals surface area contributed by atoms with E-state index >= 15 is 0 Å². The molecule has 0 heterocycles.